The van der Waals surface area contributed by atoms with Gasteiger partial charge in [0.1, 0.15) is 13.2 Å². The first-order valence-electron chi connectivity index (χ1n) is 10.0. The highest BCUT2D eigenvalue weighted by Crippen LogP contribution is 2.28. The van der Waals surface area contributed by atoms with E-state index in [0.717, 1.165) is 11.1 Å². The molecule has 0 aliphatic rings. The van der Waals surface area contributed by atoms with Crippen LogP contribution in [-0.4, -0.2) is 23.3 Å². The number of benzene rings is 2. The number of terminal acetylenes is 1. The van der Waals surface area contributed by atoms with Crippen LogP contribution in [0.2, 0.25) is 0 Å². The summed E-state index contributed by atoms with van der Waals surface area (Å²) in [6.07, 6.45) is 7.16. The topological polar surface area (TPSA) is 51.6 Å². The van der Waals surface area contributed by atoms with Gasteiger partial charge in [-0.25, -0.2) is 4.98 Å². The molecule has 1 unspecified atom stereocenters. The Bertz CT molecular complexity index is 985. The number of nitrogens with zero attached hydrogens (tertiary/aromatic N) is 1. The molecule has 0 saturated heterocycles. The Morgan fingerprint density at radius 3 is 2.50 bits per heavy atom. The van der Waals surface area contributed by atoms with Crippen LogP contribution in [-0.2, 0) is 11.3 Å². The summed E-state index contributed by atoms with van der Waals surface area (Å²) in [5, 5.41) is 9.22. The van der Waals surface area contributed by atoms with E-state index in [1.165, 1.54) is 22.3 Å². The molecule has 3 rings (SSSR count). The van der Waals surface area contributed by atoms with Crippen LogP contribution in [0, 0.1) is 26.2 Å². The minimum absolute atomic E-state index is 0.0180. The Hall–Kier alpha value is -3.13. The highest BCUT2D eigenvalue weighted by atomic mass is 16.5. The minimum atomic E-state index is -0.276. The second kappa shape index (κ2) is 10.6. The van der Waals surface area contributed by atoms with Gasteiger partial charge in [0, 0.05) is 25.3 Å². The van der Waals surface area contributed by atoms with Crippen molar-refractivity contribution >= 4 is 0 Å². The predicted octanol–water partition coefficient (Wildman–Crippen LogP) is 5.02. The van der Waals surface area contributed by atoms with Crippen molar-refractivity contribution in [3.8, 4) is 29.4 Å². The summed E-state index contributed by atoms with van der Waals surface area (Å²) in [7, 11) is 0. The number of hydrogen-bond donors (Lipinski definition) is 1. The van der Waals surface area contributed by atoms with Crippen molar-refractivity contribution in [2.45, 2.75) is 33.0 Å². The van der Waals surface area contributed by atoms with Crippen LogP contribution in [0.3, 0.4) is 0 Å². The highest BCUT2D eigenvalue weighted by Gasteiger charge is 2.12. The normalized spacial score (nSPS) is 11.7. The number of hydrogen-bond acceptors (Lipinski definition) is 4. The summed E-state index contributed by atoms with van der Waals surface area (Å²) in [5.74, 6) is 2.99. The minimum Gasteiger partial charge on any atom is -0.473 e. The second-order valence-electron chi connectivity index (χ2n) is 7.20. The summed E-state index contributed by atoms with van der Waals surface area (Å²) in [4.78, 5) is 4.38. The molecule has 0 fully saturated rings. The molecule has 0 amide bonds. The van der Waals surface area contributed by atoms with E-state index in [-0.39, 0.29) is 19.3 Å². The number of aromatic nitrogens is 1. The summed E-state index contributed by atoms with van der Waals surface area (Å²) in [6.45, 7) is 4.91. The summed E-state index contributed by atoms with van der Waals surface area (Å²) >= 11 is 0. The fourth-order valence-corrected chi connectivity index (χ4v) is 3.52. The SMILES string of the molecule is C#CCOC(CCO)c1ccc(OCc2cccc(-c3c(C)cccc3C)c2)nc1. The predicted molar refractivity (Wildman–Crippen MR) is 119 cm³/mol. The van der Waals surface area contributed by atoms with Crippen LogP contribution in [0.15, 0.2) is 60.8 Å². The molecule has 0 bridgehead atoms. The van der Waals surface area contributed by atoms with Crippen molar-refractivity contribution in [2.24, 2.45) is 0 Å². The first kappa shape index (κ1) is 21.6. The maximum Gasteiger partial charge on any atom is 0.213 e. The van der Waals surface area contributed by atoms with Gasteiger partial charge in [-0.2, -0.15) is 0 Å². The molecule has 30 heavy (non-hydrogen) atoms. The van der Waals surface area contributed by atoms with Crippen molar-refractivity contribution in [2.75, 3.05) is 13.2 Å². The van der Waals surface area contributed by atoms with Gasteiger partial charge < -0.3 is 14.6 Å². The molecule has 1 N–H and O–H groups in total. The zero-order valence-electron chi connectivity index (χ0n) is 17.5. The lowest BCUT2D eigenvalue weighted by Crippen LogP contribution is -2.07. The van der Waals surface area contributed by atoms with Crippen molar-refractivity contribution in [3.05, 3.63) is 83.0 Å². The molecule has 1 atom stereocenters. The quantitative estimate of drug-likeness (QED) is 0.512. The molecule has 1 heterocycles. The van der Waals surface area contributed by atoms with Gasteiger partial charge in [-0.3, -0.25) is 0 Å². The van der Waals surface area contributed by atoms with Crippen molar-refractivity contribution in [1.29, 1.82) is 0 Å². The lowest BCUT2D eigenvalue weighted by molar-refractivity contribution is 0.0560. The average Bonchev–Trinajstić information content (AvgIpc) is 2.76. The molecule has 4 nitrogen and oxygen atoms in total. The van der Waals surface area contributed by atoms with E-state index in [4.69, 9.17) is 15.9 Å². The molecule has 0 radical (unpaired) electrons. The fourth-order valence-electron chi connectivity index (χ4n) is 3.52. The van der Waals surface area contributed by atoms with E-state index in [0.29, 0.717) is 18.9 Å². The standard InChI is InChI=1S/C26H27NO3/c1-4-15-29-24(13-14-28)23-11-12-25(27-17-23)30-18-21-9-6-10-22(16-21)26-19(2)7-5-8-20(26)3/h1,5-12,16-17,24,28H,13-15,18H2,2-3H3. The maximum atomic E-state index is 9.22. The lowest BCUT2D eigenvalue weighted by atomic mass is 9.95. The Kier molecular flexibility index (Phi) is 7.62. The van der Waals surface area contributed by atoms with Gasteiger partial charge in [-0.05, 0) is 59.4 Å². The molecule has 3 aromatic rings. The average molecular weight is 402 g/mol. The zero-order valence-corrected chi connectivity index (χ0v) is 17.5. The molecular formula is C26H27NO3. The molecule has 1 aromatic heterocycles. The van der Waals surface area contributed by atoms with E-state index in [9.17, 15) is 5.11 Å². The van der Waals surface area contributed by atoms with E-state index >= 15 is 0 Å². The van der Waals surface area contributed by atoms with Gasteiger partial charge in [0.25, 0.3) is 0 Å². The van der Waals surface area contributed by atoms with Crippen LogP contribution in [0.4, 0.5) is 0 Å². The third-order valence-corrected chi connectivity index (χ3v) is 4.97. The zero-order chi connectivity index (χ0) is 21.3. The van der Waals surface area contributed by atoms with Crippen LogP contribution in [0.1, 0.15) is 34.8 Å². The number of rotatable bonds is 9. The van der Waals surface area contributed by atoms with E-state index < -0.39 is 0 Å². The van der Waals surface area contributed by atoms with Crippen molar-refractivity contribution in [1.82, 2.24) is 4.98 Å². The Balaban J connectivity index is 1.68. The fraction of sp³-hybridized carbons (Fsp3) is 0.269. The van der Waals surface area contributed by atoms with Crippen LogP contribution < -0.4 is 4.74 Å². The van der Waals surface area contributed by atoms with Crippen LogP contribution >= 0.6 is 0 Å². The van der Waals surface area contributed by atoms with E-state index in [1.807, 2.05) is 12.1 Å². The molecule has 4 heteroatoms. The van der Waals surface area contributed by atoms with Gasteiger partial charge in [0.2, 0.25) is 5.88 Å². The smallest absolute Gasteiger partial charge is 0.213 e. The summed E-state index contributed by atoms with van der Waals surface area (Å²) in [5.41, 5.74) is 6.92. The third-order valence-electron chi connectivity index (χ3n) is 4.97. The van der Waals surface area contributed by atoms with Gasteiger partial charge >= 0.3 is 0 Å². The summed E-state index contributed by atoms with van der Waals surface area (Å²) < 4.78 is 11.5. The Morgan fingerprint density at radius 1 is 1.07 bits per heavy atom. The molecular weight excluding hydrogens is 374 g/mol. The monoisotopic (exact) mass is 401 g/mol. The number of aryl methyl sites for hydroxylation is 2. The molecule has 0 saturated carbocycles. The van der Waals surface area contributed by atoms with Gasteiger partial charge in [-0.15, -0.1) is 6.42 Å². The van der Waals surface area contributed by atoms with Crippen molar-refractivity contribution < 1.29 is 14.6 Å². The number of aliphatic hydroxyl groups is 1. The van der Waals surface area contributed by atoms with Crippen LogP contribution in [0.25, 0.3) is 11.1 Å². The largest absolute Gasteiger partial charge is 0.473 e. The second-order valence-corrected chi connectivity index (χ2v) is 7.20. The van der Waals surface area contributed by atoms with Gasteiger partial charge in [0.05, 0.1) is 6.10 Å². The first-order valence-corrected chi connectivity index (χ1v) is 10.0. The summed E-state index contributed by atoms with van der Waals surface area (Å²) in [6, 6.07) is 18.5. The molecule has 0 spiro atoms. The molecule has 0 aliphatic carbocycles. The number of ether oxygens (including phenoxy) is 2. The van der Waals surface area contributed by atoms with Crippen molar-refractivity contribution in [3.63, 3.8) is 0 Å². The Morgan fingerprint density at radius 2 is 1.83 bits per heavy atom. The molecule has 154 valence electrons. The highest BCUT2D eigenvalue weighted by molar-refractivity contribution is 5.71. The first-order chi connectivity index (χ1) is 14.6. The molecule has 2 aromatic carbocycles. The Labute approximate surface area is 178 Å². The molecule has 0 aliphatic heterocycles. The number of aliphatic hydroxyl groups excluding tert-OH is 1. The van der Waals surface area contributed by atoms with Crippen LogP contribution in [0.5, 0.6) is 5.88 Å². The lowest BCUT2D eigenvalue weighted by Gasteiger charge is -2.16. The third kappa shape index (κ3) is 5.48. The van der Waals surface area contributed by atoms with Gasteiger partial charge in [0.15, 0.2) is 0 Å². The van der Waals surface area contributed by atoms with E-state index in [1.54, 1.807) is 6.20 Å². The van der Waals surface area contributed by atoms with Gasteiger partial charge in [-0.1, -0.05) is 42.3 Å². The maximum absolute atomic E-state index is 9.22. The number of pyridine rings is 1. The van der Waals surface area contributed by atoms with E-state index in [2.05, 4.69) is 67.2 Å².